The Hall–Kier alpha value is -1.29. The Bertz CT molecular complexity index is 468. The van der Waals surface area contributed by atoms with Crippen LogP contribution in [0, 0.1) is 0 Å². The fraction of sp³-hybridized carbons (Fsp3) is 0.417. The average Bonchev–Trinajstić information content (AvgIpc) is 2.86. The standard InChI is InChI=1S/C12H15N3S/c1-15-12(7-11(14-15)9-4-5-9)13-8-10-3-2-6-16-10/h2-3,6-7,9,13H,4-5,8H2,1H3. The smallest absolute Gasteiger partial charge is 0.124 e. The summed E-state index contributed by atoms with van der Waals surface area (Å²) in [5.41, 5.74) is 1.25. The number of hydrogen-bond donors (Lipinski definition) is 1. The van der Waals surface area contributed by atoms with Crippen LogP contribution in [0.5, 0.6) is 0 Å². The number of nitrogens with one attached hydrogen (secondary N) is 1. The predicted molar refractivity (Wildman–Crippen MR) is 66.8 cm³/mol. The first-order chi connectivity index (χ1) is 7.83. The molecule has 3 nitrogen and oxygen atoms in total. The van der Waals surface area contributed by atoms with Crippen LogP contribution in [-0.4, -0.2) is 9.78 Å². The molecule has 2 heterocycles. The van der Waals surface area contributed by atoms with Gasteiger partial charge in [0.15, 0.2) is 0 Å². The number of hydrogen-bond acceptors (Lipinski definition) is 3. The monoisotopic (exact) mass is 233 g/mol. The Morgan fingerprint density at radius 1 is 1.56 bits per heavy atom. The molecular weight excluding hydrogens is 218 g/mol. The summed E-state index contributed by atoms with van der Waals surface area (Å²) < 4.78 is 1.95. The fourth-order valence-electron chi connectivity index (χ4n) is 1.82. The van der Waals surface area contributed by atoms with Gasteiger partial charge in [0.05, 0.1) is 12.2 Å². The van der Waals surface area contributed by atoms with Gasteiger partial charge in [-0.15, -0.1) is 11.3 Å². The SMILES string of the molecule is Cn1nc(C2CC2)cc1NCc1cccs1. The fourth-order valence-corrected chi connectivity index (χ4v) is 2.47. The highest BCUT2D eigenvalue weighted by atomic mass is 32.1. The van der Waals surface area contributed by atoms with Crippen LogP contribution in [0.25, 0.3) is 0 Å². The molecule has 0 aliphatic heterocycles. The largest absolute Gasteiger partial charge is 0.365 e. The number of anilines is 1. The summed E-state index contributed by atoms with van der Waals surface area (Å²) in [4.78, 5) is 1.36. The van der Waals surface area contributed by atoms with Gasteiger partial charge in [-0.3, -0.25) is 4.68 Å². The summed E-state index contributed by atoms with van der Waals surface area (Å²) in [6.07, 6.45) is 2.61. The number of rotatable bonds is 4. The Morgan fingerprint density at radius 2 is 2.44 bits per heavy atom. The van der Waals surface area contributed by atoms with Crippen LogP contribution in [-0.2, 0) is 13.6 Å². The Labute approximate surface area is 99.1 Å². The number of nitrogens with zero attached hydrogens (tertiary/aromatic N) is 2. The first kappa shape index (κ1) is 9.90. The highest BCUT2D eigenvalue weighted by Crippen LogP contribution is 2.39. The van der Waals surface area contributed by atoms with Crippen molar-refractivity contribution in [2.75, 3.05) is 5.32 Å². The van der Waals surface area contributed by atoms with Crippen molar-refractivity contribution in [1.29, 1.82) is 0 Å². The number of aryl methyl sites for hydroxylation is 1. The summed E-state index contributed by atoms with van der Waals surface area (Å²) in [7, 11) is 2.00. The molecule has 0 bridgehead atoms. The molecule has 2 aromatic rings. The van der Waals surface area contributed by atoms with E-state index in [1.54, 1.807) is 11.3 Å². The lowest BCUT2D eigenvalue weighted by molar-refractivity contribution is 0.746. The van der Waals surface area contributed by atoms with E-state index in [9.17, 15) is 0 Å². The Balaban J connectivity index is 1.69. The van der Waals surface area contributed by atoms with Gasteiger partial charge in [-0.1, -0.05) is 6.07 Å². The maximum absolute atomic E-state index is 4.53. The van der Waals surface area contributed by atoms with Gasteiger partial charge >= 0.3 is 0 Å². The predicted octanol–water partition coefficient (Wildman–Crippen LogP) is 2.97. The molecule has 1 saturated carbocycles. The van der Waals surface area contributed by atoms with Crippen molar-refractivity contribution in [2.45, 2.75) is 25.3 Å². The molecule has 0 amide bonds. The van der Waals surface area contributed by atoms with Gasteiger partial charge in [-0.05, 0) is 24.3 Å². The lowest BCUT2D eigenvalue weighted by Crippen LogP contribution is -2.03. The molecule has 84 valence electrons. The topological polar surface area (TPSA) is 29.9 Å². The van der Waals surface area contributed by atoms with Crippen LogP contribution in [0.4, 0.5) is 5.82 Å². The van der Waals surface area contributed by atoms with Crippen LogP contribution < -0.4 is 5.32 Å². The van der Waals surface area contributed by atoms with E-state index in [-0.39, 0.29) is 0 Å². The molecule has 16 heavy (non-hydrogen) atoms. The third kappa shape index (κ3) is 1.97. The molecule has 0 aromatic carbocycles. The van der Waals surface area contributed by atoms with E-state index in [4.69, 9.17) is 0 Å². The van der Waals surface area contributed by atoms with Crippen molar-refractivity contribution in [3.8, 4) is 0 Å². The Kier molecular flexibility index (Phi) is 2.44. The second-order valence-corrected chi connectivity index (χ2v) is 5.32. The van der Waals surface area contributed by atoms with Crippen molar-refractivity contribution in [3.63, 3.8) is 0 Å². The van der Waals surface area contributed by atoms with E-state index in [1.165, 1.54) is 23.4 Å². The molecule has 4 heteroatoms. The first-order valence-electron chi connectivity index (χ1n) is 5.63. The lowest BCUT2D eigenvalue weighted by Gasteiger charge is -2.03. The summed E-state index contributed by atoms with van der Waals surface area (Å²) in [5, 5.41) is 10.1. The molecule has 1 fully saturated rings. The van der Waals surface area contributed by atoms with Gasteiger partial charge < -0.3 is 5.32 Å². The molecule has 2 aromatic heterocycles. The lowest BCUT2D eigenvalue weighted by atomic mass is 10.3. The molecule has 0 saturated heterocycles. The van der Waals surface area contributed by atoms with Crippen LogP contribution in [0.3, 0.4) is 0 Å². The second-order valence-electron chi connectivity index (χ2n) is 4.29. The molecule has 1 aliphatic rings. The molecule has 0 spiro atoms. The van der Waals surface area contributed by atoms with Gasteiger partial charge in [-0.25, -0.2) is 0 Å². The van der Waals surface area contributed by atoms with E-state index in [0.29, 0.717) is 0 Å². The minimum atomic E-state index is 0.725. The van der Waals surface area contributed by atoms with Crippen molar-refractivity contribution in [1.82, 2.24) is 9.78 Å². The van der Waals surface area contributed by atoms with E-state index >= 15 is 0 Å². The summed E-state index contributed by atoms with van der Waals surface area (Å²) in [6.45, 7) is 0.890. The summed E-state index contributed by atoms with van der Waals surface area (Å²) in [6, 6.07) is 6.42. The molecule has 1 N–H and O–H groups in total. The van der Waals surface area contributed by atoms with Crippen LogP contribution in [0.2, 0.25) is 0 Å². The van der Waals surface area contributed by atoms with Gasteiger partial charge in [0.2, 0.25) is 0 Å². The highest BCUT2D eigenvalue weighted by molar-refractivity contribution is 7.09. The molecular formula is C12H15N3S. The zero-order chi connectivity index (χ0) is 11.0. The van der Waals surface area contributed by atoms with E-state index in [0.717, 1.165) is 18.3 Å². The Morgan fingerprint density at radius 3 is 3.12 bits per heavy atom. The van der Waals surface area contributed by atoms with Crippen LogP contribution in [0.15, 0.2) is 23.6 Å². The van der Waals surface area contributed by atoms with Crippen molar-refractivity contribution >= 4 is 17.2 Å². The van der Waals surface area contributed by atoms with Gasteiger partial charge in [-0.2, -0.15) is 5.10 Å². The minimum Gasteiger partial charge on any atom is -0.365 e. The molecule has 0 atom stereocenters. The summed E-state index contributed by atoms with van der Waals surface area (Å²) >= 11 is 1.78. The van der Waals surface area contributed by atoms with E-state index < -0.39 is 0 Å². The normalized spacial score (nSPS) is 15.3. The molecule has 3 rings (SSSR count). The quantitative estimate of drug-likeness (QED) is 0.880. The van der Waals surface area contributed by atoms with Crippen LogP contribution >= 0.6 is 11.3 Å². The average molecular weight is 233 g/mol. The first-order valence-corrected chi connectivity index (χ1v) is 6.51. The summed E-state index contributed by atoms with van der Waals surface area (Å²) in [5.74, 6) is 1.85. The molecule has 1 aliphatic carbocycles. The van der Waals surface area contributed by atoms with Gasteiger partial charge in [0, 0.05) is 23.9 Å². The van der Waals surface area contributed by atoms with Gasteiger partial charge in [0.25, 0.3) is 0 Å². The minimum absolute atomic E-state index is 0.725. The van der Waals surface area contributed by atoms with E-state index in [2.05, 4.69) is 34.0 Å². The van der Waals surface area contributed by atoms with Crippen molar-refractivity contribution in [2.24, 2.45) is 7.05 Å². The maximum atomic E-state index is 4.53. The number of thiophene rings is 1. The third-order valence-electron chi connectivity index (χ3n) is 2.92. The van der Waals surface area contributed by atoms with Crippen molar-refractivity contribution in [3.05, 3.63) is 34.2 Å². The molecule has 0 unspecified atom stereocenters. The zero-order valence-electron chi connectivity index (χ0n) is 9.31. The third-order valence-corrected chi connectivity index (χ3v) is 3.79. The highest BCUT2D eigenvalue weighted by Gasteiger charge is 2.26. The van der Waals surface area contributed by atoms with Gasteiger partial charge in [0.1, 0.15) is 5.82 Å². The van der Waals surface area contributed by atoms with Crippen LogP contribution in [0.1, 0.15) is 29.3 Å². The van der Waals surface area contributed by atoms with Crippen molar-refractivity contribution < 1.29 is 0 Å². The molecule has 0 radical (unpaired) electrons. The maximum Gasteiger partial charge on any atom is 0.124 e. The second kappa shape index (κ2) is 3.94. The zero-order valence-corrected chi connectivity index (χ0v) is 10.1. The number of aromatic nitrogens is 2. The van der Waals surface area contributed by atoms with E-state index in [1.807, 2.05) is 11.7 Å².